The molecular formula is C7H9FO2. The Balaban J connectivity index is 3.49. The minimum atomic E-state index is -0.622. The van der Waals surface area contributed by atoms with Crippen molar-refractivity contribution < 1.29 is 13.9 Å². The van der Waals surface area contributed by atoms with Crippen molar-refractivity contribution in [3.63, 3.8) is 0 Å². The minimum Gasteiger partial charge on any atom is -0.432 e. The van der Waals surface area contributed by atoms with Gasteiger partial charge in [0.1, 0.15) is 6.67 Å². The quantitative estimate of drug-likeness (QED) is 0.341. The first-order valence-corrected chi connectivity index (χ1v) is 2.85. The lowest BCUT2D eigenvalue weighted by Gasteiger charge is -1.88. The van der Waals surface area contributed by atoms with Gasteiger partial charge in [0.2, 0.25) is 0 Å². The smallest absolute Gasteiger partial charge is 0.335 e. The van der Waals surface area contributed by atoms with Crippen molar-refractivity contribution in [3.8, 4) is 0 Å². The van der Waals surface area contributed by atoms with E-state index >= 15 is 0 Å². The van der Waals surface area contributed by atoms with Crippen molar-refractivity contribution in [2.45, 2.75) is 6.92 Å². The van der Waals surface area contributed by atoms with Gasteiger partial charge in [0.05, 0.1) is 6.26 Å². The van der Waals surface area contributed by atoms with Gasteiger partial charge < -0.3 is 4.74 Å². The van der Waals surface area contributed by atoms with E-state index in [1.807, 2.05) is 0 Å². The molecule has 10 heavy (non-hydrogen) atoms. The van der Waals surface area contributed by atoms with E-state index in [2.05, 4.69) is 4.74 Å². The van der Waals surface area contributed by atoms with Gasteiger partial charge in [-0.25, -0.2) is 9.18 Å². The van der Waals surface area contributed by atoms with Crippen LogP contribution in [0.25, 0.3) is 0 Å². The van der Waals surface area contributed by atoms with Crippen molar-refractivity contribution in [1.29, 1.82) is 0 Å². The van der Waals surface area contributed by atoms with E-state index in [0.29, 0.717) is 0 Å². The fourth-order valence-corrected chi connectivity index (χ4v) is 0.327. The Morgan fingerprint density at radius 3 is 2.90 bits per heavy atom. The standard InChI is InChI=1S/C7H9FO2/c1-2-4-7(9)10-6-3-5-8/h2-4,6H,5H2,1H3. The van der Waals surface area contributed by atoms with Crippen LogP contribution in [-0.2, 0) is 9.53 Å². The molecule has 0 amide bonds. The molecule has 0 aliphatic carbocycles. The van der Waals surface area contributed by atoms with E-state index in [1.165, 1.54) is 6.08 Å². The zero-order valence-electron chi connectivity index (χ0n) is 5.71. The van der Waals surface area contributed by atoms with Gasteiger partial charge in [-0.1, -0.05) is 6.08 Å². The average Bonchev–Trinajstić information content (AvgIpc) is 1.89. The summed E-state index contributed by atoms with van der Waals surface area (Å²) in [7, 11) is 0. The highest BCUT2D eigenvalue weighted by atomic mass is 19.1. The molecule has 0 aromatic carbocycles. The molecule has 3 heteroatoms. The monoisotopic (exact) mass is 144 g/mol. The van der Waals surface area contributed by atoms with Gasteiger partial charge in [-0.05, 0) is 13.0 Å². The van der Waals surface area contributed by atoms with Crippen LogP contribution in [0.3, 0.4) is 0 Å². The second-order valence-corrected chi connectivity index (χ2v) is 1.46. The maximum absolute atomic E-state index is 11.3. The first-order chi connectivity index (χ1) is 4.81. The number of hydrogen-bond acceptors (Lipinski definition) is 2. The summed E-state index contributed by atoms with van der Waals surface area (Å²) in [5, 5.41) is 0. The van der Waals surface area contributed by atoms with Crippen LogP contribution in [0.15, 0.2) is 24.5 Å². The van der Waals surface area contributed by atoms with Gasteiger partial charge in [-0.2, -0.15) is 0 Å². The molecule has 0 rings (SSSR count). The lowest BCUT2D eigenvalue weighted by atomic mass is 10.5. The minimum absolute atomic E-state index is 0.493. The summed E-state index contributed by atoms with van der Waals surface area (Å²) in [5.41, 5.74) is 0. The first kappa shape index (κ1) is 8.88. The van der Waals surface area contributed by atoms with Crippen LogP contribution < -0.4 is 0 Å². The van der Waals surface area contributed by atoms with Crippen LogP contribution in [0.5, 0.6) is 0 Å². The van der Waals surface area contributed by atoms with Crippen molar-refractivity contribution in [1.82, 2.24) is 0 Å². The van der Waals surface area contributed by atoms with Gasteiger partial charge in [-0.3, -0.25) is 0 Å². The molecule has 0 saturated heterocycles. The molecule has 0 aromatic heterocycles. The van der Waals surface area contributed by atoms with E-state index in [0.717, 1.165) is 12.3 Å². The van der Waals surface area contributed by atoms with Crippen LogP contribution in [0.1, 0.15) is 6.92 Å². The number of alkyl halides is 1. The van der Waals surface area contributed by atoms with Crippen LogP contribution >= 0.6 is 0 Å². The molecule has 0 bridgehead atoms. The number of hydrogen-bond donors (Lipinski definition) is 0. The van der Waals surface area contributed by atoms with Crippen molar-refractivity contribution >= 4 is 5.97 Å². The van der Waals surface area contributed by atoms with Gasteiger partial charge in [-0.15, -0.1) is 0 Å². The zero-order valence-corrected chi connectivity index (χ0v) is 5.71. The highest BCUT2D eigenvalue weighted by molar-refractivity contribution is 5.82. The predicted octanol–water partition coefficient (Wildman–Crippen LogP) is 1.59. The third kappa shape index (κ3) is 5.03. The molecule has 0 N–H and O–H groups in total. The molecule has 0 atom stereocenters. The normalized spacial score (nSPS) is 11.0. The van der Waals surface area contributed by atoms with Crippen molar-refractivity contribution in [3.05, 3.63) is 24.5 Å². The van der Waals surface area contributed by atoms with E-state index in [-0.39, 0.29) is 0 Å². The molecule has 0 saturated carbocycles. The second-order valence-electron chi connectivity index (χ2n) is 1.46. The van der Waals surface area contributed by atoms with Gasteiger partial charge in [0, 0.05) is 6.08 Å². The fourth-order valence-electron chi connectivity index (χ4n) is 0.327. The topological polar surface area (TPSA) is 26.3 Å². The summed E-state index contributed by atoms with van der Waals surface area (Å²) < 4.78 is 15.7. The summed E-state index contributed by atoms with van der Waals surface area (Å²) in [6.45, 7) is 1.07. The molecular weight excluding hydrogens is 135 g/mol. The maximum atomic E-state index is 11.3. The number of ether oxygens (including phenoxy) is 1. The van der Waals surface area contributed by atoms with Crippen LogP contribution in [0, 0.1) is 0 Å². The summed E-state index contributed by atoms with van der Waals surface area (Å²) in [6.07, 6.45) is 4.94. The number of carbonyl (C=O) groups excluding carboxylic acids is 1. The number of esters is 1. The Labute approximate surface area is 59.0 Å². The predicted molar refractivity (Wildman–Crippen MR) is 36.0 cm³/mol. The molecule has 0 aliphatic rings. The Morgan fingerprint density at radius 1 is 1.70 bits per heavy atom. The van der Waals surface area contributed by atoms with Crippen LogP contribution in [0.2, 0.25) is 0 Å². The molecule has 0 unspecified atom stereocenters. The molecule has 56 valence electrons. The Hall–Kier alpha value is -1.12. The number of carbonyl (C=O) groups is 1. The molecule has 0 radical (unpaired) electrons. The number of halogens is 1. The highest BCUT2D eigenvalue weighted by Crippen LogP contribution is 1.83. The average molecular weight is 144 g/mol. The third-order valence-electron chi connectivity index (χ3n) is 0.672. The number of allylic oxidation sites excluding steroid dienone is 2. The zero-order chi connectivity index (χ0) is 7.82. The lowest BCUT2D eigenvalue weighted by molar-refractivity contribution is -0.132. The van der Waals surface area contributed by atoms with Crippen LogP contribution in [0.4, 0.5) is 4.39 Å². The first-order valence-electron chi connectivity index (χ1n) is 2.85. The summed E-state index contributed by atoms with van der Waals surface area (Å²) >= 11 is 0. The van der Waals surface area contributed by atoms with Gasteiger partial charge in [0.25, 0.3) is 0 Å². The van der Waals surface area contributed by atoms with Crippen LogP contribution in [-0.4, -0.2) is 12.6 Å². The third-order valence-corrected chi connectivity index (χ3v) is 0.672. The van der Waals surface area contributed by atoms with E-state index in [4.69, 9.17) is 0 Å². The molecule has 0 aliphatic heterocycles. The van der Waals surface area contributed by atoms with Gasteiger partial charge >= 0.3 is 5.97 Å². The molecule has 0 heterocycles. The molecule has 0 spiro atoms. The van der Waals surface area contributed by atoms with Crippen molar-refractivity contribution in [2.24, 2.45) is 0 Å². The summed E-state index contributed by atoms with van der Waals surface area (Å²) in [6, 6.07) is 0. The summed E-state index contributed by atoms with van der Waals surface area (Å²) in [4.78, 5) is 10.4. The largest absolute Gasteiger partial charge is 0.432 e. The van der Waals surface area contributed by atoms with E-state index < -0.39 is 12.6 Å². The molecule has 0 aromatic rings. The summed E-state index contributed by atoms with van der Waals surface area (Å²) in [5.74, 6) is -0.493. The SMILES string of the molecule is CC=CC(=O)OC=CCF. The maximum Gasteiger partial charge on any atom is 0.335 e. The Kier molecular flexibility index (Phi) is 5.33. The second kappa shape index (κ2) is 6.01. The number of rotatable bonds is 3. The fraction of sp³-hybridized carbons (Fsp3) is 0.286. The lowest BCUT2D eigenvalue weighted by Crippen LogP contribution is -1.92. The molecule has 0 fully saturated rings. The van der Waals surface area contributed by atoms with Crippen molar-refractivity contribution in [2.75, 3.05) is 6.67 Å². The Bertz CT molecular complexity index is 150. The molecule has 2 nitrogen and oxygen atoms in total. The highest BCUT2D eigenvalue weighted by Gasteiger charge is 1.88. The van der Waals surface area contributed by atoms with E-state index in [1.54, 1.807) is 13.0 Å². The Morgan fingerprint density at radius 2 is 2.40 bits per heavy atom. The van der Waals surface area contributed by atoms with Gasteiger partial charge in [0.15, 0.2) is 0 Å². The van der Waals surface area contributed by atoms with E-state index in [9.17, 15) is 9.18 Å².